The zero-order valence-corrected chi connectivity index (χ0v) is 17.7. The van der Waals surface area contributed by atoms with Crippen LogP contribution in [-0.2, 0) is 21.2 Å². The Morgan fingerprint density at radius 2 is 1.89 bits per heavy atom. The number of rotatable bonds is 4. The molecule has 28 heavy (non-hydrogen) atoms. The van der Waals surface area contributed by atoms with Crippen molar-refractivity contribution < 1.29 is 17.9 Å². The van der Waals surface area contributed by atoms with E-state index in [0.29, 0.717) is 11.7 Å². The van der Waals surface area contributed by atoms with Gasteiger partial charge < -0.3 is 9.64 Å². The van der Waals surface area contributed by atoms with Crippen molar-refractivity contribution in [1.82, 2.24) is 4.90 Å². The highest BCUT2D eigenvalue weighted by atomic mass is 32.2. The summed E-state index contributed by atoms with van der Waals surface area (Å²) in [7, 11) is -1.41. The van der Waals surface area contributed by atoms with Gasteiger partial charge in [-0.15, -0.1) is 0 Å². The van der Waals surface area contributed by atoms with E-state index in [2.05, 4.69) is 4.99 Å². The molecule has 2 atom stereocenters. The lowest BCUT2D eigenvalue weighted by atomic mass is 9.89. The lowest BCUT2D eigenvalue weighted by molar-refractivity contribution is -0.122. The van der Waals surface area contributed by atoms with Gasteiger partial charge in [-0.25, -0.2) is 8.42 Å². The Hall–Kier alpha value is -1.54. The van der Waals surface area contributed by atoms with Gasteiger partial charge in [-0.1, -0.05) is 43.2 Å². The van der Waals surface area contributed by atoms with Crippen LogP contribution in [0.2, 0.25) is 0 Å². The lowest BCUT2D eigenvalue weighted by Gasteiger charge is -2.25. The molecule has 6 nitrogen and oxygen atoms in total. The third-order valence-corrected chi connectivity index (χ3v) is 9.09. The molecule has 0 bridgehead atoms. The minimum Gasteiger partial charge on any atom is -0.497 e. The van der Waals surface area contributed by atoms with Gasteiger partial charge in [0.15, 0.2) is 15.0 Å². The smallest absolute Gasteiger partial charge is 0.251 e. The largest absolute Gasteiger partial charge is 0.497 e. The van der Waals surface area contributed by atoms with Gasteiger partial charge in [0, 0.05) is 17.7 Å². The van der Waals surface area contributed by atoms with Crippen LogP contribution in [-0.4, -0.2) is 54.3 Å². The van der Waals surface area contributed by atoms with Crippen molar-refractivity contribution in [2.24, 2.45) is 10.9 Å². The van der Waals surface area contributed by atoms with Crippen LogP contribution in [0.1, 0.15) is 37.7 Å². The van der Waals surface area contributed by atoms with Crippen LogP contribution in [0.15, 0.2) is 29.3 Å². The SMILES string of the molecule is COc1ccc(CN2C(=NC(=O)C3CCCCC3)S[C@@H]3CS(=O)(=O)C[C@@H]32)cc1. The molecule has 4 rings (SSSR count). The van der Waals surface area contributed by atoms with Gasteiger partial charge in [0.25, 0.3) is 5.91 Å². The van der Waals surface area contributed by atoms with E-state index >= 15 is 0 Å². The lowest BCUT2D eigenvalue weighted by Crippen LogP contribution is -2.37. The standard InChI is InChI=1S/C20H26N2O4S2/c1-26-16-9-7-14(8-10-16)11-22-17-12-28(24,25)13-18(17)27-20(22)21-19(23)15-5-3-2-4-6-15/h7-10,15,17-18H,2-6,11-13H2,1H3/t17-,18+/m0/s1. The van der Waals surface area contributed by atoms with Crippen molar-refractivity contribution in [2.75, 3.05) is 18.6 Å². The van der Waals surface area contributed by atoms with E-state index in [1.54, 1.807) is 7.11 Å². The first-order chi connectivity index (χ1) is 13.4. The van der Waals surface area contributed by atoms with E-state index in [9.17, 15) is 13.2 Å². The van der Waals surface area contributed by atoms with Gasteiger partial charge >= 0.3 is 0 Å². The second-order valence-electron chi connectivity index (χ2n) is 7.84. The highest BCUT2D eigenvalue weighted by Gasteiger charge is 2.48. The summed E-state index contributed by atoms with van der Waals surface area (Å²) in [5.41, 5.74) is 1.05. The molecule has 3 aliphatic rings. The van der Waals surface area contributed by atoms with Crippen LogP contribution in [0.5, 0.6) is 5.75 Å². The molecule has 0 aromatic heterocycles. The van der Waals surface area contributed by atoms with Crippen LogP contribution in [0.25, 0.3) is 0 Å². The third-order valence-electron chi connectivity index (χ3n) is 5.85. The molecule has 1 aromatic carbocycles. The van der Waals surface area contributed by atoms with Gasteiger partial charge in [-0.3, -0.25) is 4.79 Å². The number of carbonyl (C=O) groups is 1. The number of benzene rings is 1. The molecule has 2 saturated heterocycles. The molecule has 0 spiro atoms. The quantitative estimate of drug-likeness (QED) is 0.743. The minimum absolute atomic E-state index is 0.0221. The van der Waals surface area contributed by atoms with E-state index in [4.69, 9.17) is 4.74 Å². The summed E-state index contributed by atoms with van der Waals surface area (Å²) in [4.78, 5) is 19.2. The Bertz CT molecular complexity index is 861. The van der Waals surface area contributed by atoms with Crippen LogP contribution in [0.3, 0.4) is 0 Å². The Kier molecular flexibility index (Phi) is 5.69. The molecule has 0 N–H and O–H groups in total. The number of sulfone groups is 1. The van der Waals surface area contributed by atoms with Crippen molar-refractivity contribution in [3.63, 3.8) is 0 Å². The molecule has 1 amide bonds. The first kappa shape index (κ1) is 19.8. The van der Waals surface area contributed by atoms with E-state index in [1.807, 2.05) is 29.2 Å². The van der Waals surface area contributed by atoms with Crippen molar-refractivity contribution in [2.45, 2.75) is 49.9 Å². The van der Waals surface area contributed by atoms with Crippen molar-refractivity contribution in [3.8, 4) is 5.75 Å². The number of hydrogen-bond acceptors (Lipinski definition) is 5. The number of hydrogen-bond donors (Lipinski definition) is 0. The molecular formula is C20H26N2O4S2. The average molecular weight is 423 g/mol. The van der Waals surface area contributed by atoms with E-state index in [1.165, 1.54) is 18.2 Å². The van der Waals surface area contributed by atoms with E-state index in [0.717, 1.165) is 37.0 Å². The molecule has 152 valence electrons. The minimum atomic E-state index is -3.04. The molecule has 8 heteroatoms. The number of fused-ring (bicyclic) bond motifs is 1. The summed E-state index contributed by atoms with van der Waals surface area (Å²) in [5, 5.41) is 0.650. The Morgan fingerprint density at radius 3 is 2.57 bits per heavy atom. The predicted molar refractivity (Wildman–Crippen MR) is 111 cm³/mol. The molecule has 3 fully saturated rings. The first-order valence-electron chi connectivity index (χ1n) is 9.84. The zero-order chi connectivity index (χ0) is 19.7. The maximum atomic E-state index is 12.7. The van der Waals surface area contributed by atoms with E-state index < -0.39 is 9.84 Å². The number of thioether (sulfide) groups is 1. The normalized spacial score (nSPS) is 28.5. The topological polar surface area (TPSA) is 76.0 Å². The number of ether oxygens (including phenoxy) is 1. The van der Waals surface area contributed by atoms with Crippen LogP contribution >= 0.6 is 11.8 Å². The van der Waals surface area contributed by atoms with Crippen LogP contribution < -0.4 is 4.74 Å². The maximum absolute atomic E-state index is 12.7. The third kappa shape index (κ3) is 4.22. The fraction of sp³-hybridized carbons (Fsp3) is 0.600. The molecule has 2 heterocycles. The van der Waals surface area contributed by atoms with Gasteiger partial charge in [-0.05, 0) is 30.5 Å². The number of amides is 1. The second-order valence-corrected chi connectivity index (χ2v) is 11.2. The molecule has 0 radical (unpaired) electrons. The average Bonchev–Trinajstić information content (AvgIpc) is 3.15. The highest BCUT2D eigenvalue weighted by molar-refractivity contribution is 8.15. The number of methoxy groups -OCH3 is 1. The molecule has 1 aliphatic carbocycles. The summed E-state index contributed by atoms with van der Waals surface area (Å²) in [5.74, 6) is 1.07. The number of carbonyl (C=O) groups excluding carboxylic acids is 1. The molecule has 2 aliphatic heterocycles. The molecule has 0 unspecified atom stereocenters. The summed E-state index contributed by atoms with van der Waals surface area (Å²) in [6, 6.07) is 7.62. The van der Waals surface area contributed by atoms with Gasteiger partial charge in [0.05, 0.1) is 24.7 Å². The Morgan fingerprint density at radius 1 is 1.18 bits per heavy atom. The Balaban J connectivity index is 1.57. The van der Waals surface area contributed by atoms with Gasteiger partial charge in [-0.2, -0.15) is 4.99 Å². The summed E-state index contributed by atoms with van der Waals surface area (Å²) >= 11 is 1.46. The zero-order valence-electron chi connectivity index (χ0n) is 16.0. The maximum Gasteiger partial charge on any atom is 0.251 e. The summed E-state index contributed by atoms with van der Waals surface area (Å²) < 4.78 is 29.5. The summed E-state index contributed by atoms with van der Waals surface area (Å²) in [6.07, 6.45) is 5.21. The first-order valence-corrected chi connectivity index (χ1v) is 12.5. The Labute approximate surface area is 170 Å². The van der Waals surface area contributed by atoms with Crippen molar-refractivity contribution >= 4 is 32.7 Å². The molecule has 1 aromatic rings. The van der Waals surface area contributed by atoms with Crippen LogP contribution in [0, 0.1) is 5.92 Å². The van der Waals surface area contributed by atoms with Crippen LogP contribution in [0.4, 0.5) is 0 Å². The fourth-order valence-corrected chi connectivity index (χ4v) is 8.24. The molecular weight excluding hydrogens is 396 g/mol. The van der Waals surface area contributed by atoms with Gasteiger partial charge in [0.1, 0.15) is 5.75 Å². The van der Waals surface area contributed by atoms with Crippen molar-refractivity contribution in [3.05, 3.63) is 29.8 Å². The number of nitrogens with zero attached hydrogens (tertiary/aromatic N) is 2. The number of aliphatic imine (C=N–C) groups is 1. The molecule has 1 saturated carbocycles. The van der Waals surface area contributed by atoms with Gasteiger partial charge in [0.2, 0.25) is 0 Å². The number of amidine groups is 1. The van der Waals surface area contributed by atoms with Crippen molar-refractivity contribution in [1.29, 1.82) is 0 Å². The second kappa shape index (κ2) is 8.06. The summed E-state index contributed by atoms with van der Waals surface area (Å²) in [6.45, 7) is 0.546. The monoisotopic (exact) mass is 422 g/mol. The highest BCUT2D eigenvalue weighted by Crippen LogP contribution is 2.39. The fourth-order valence-electron chi connectivity index (χ4n) is 4.28. The van der Waals surface area contributed by atoms with E-state index in [-0.39, 0.29) is 34.6 Å². The predicted octanol–water partition coefficient (Wildman–Crippen LogP) is 2.87.